The molecule has 0 saturated heterocycles. The number of aromatic nitrogens is 1. The van der Waals surface area contributed by atoms with Crippen LogP contribution in [0, 0.1) is 6.92 Å². The zero-order valence-corrected chi connectivity index (χ0v) is 8.34. The first-order valence-electron chi connectivity index (χ1n) is 4.27. The fourth-order valence-corrected chi connectivity index (χ4v) is 1.19. The lowest BCUT2D eigenvalue weighted by atomic mass is 10.1. The fourth-order valence-electron chi connectivity index (χ4n) is 1.05. The Balaban J connectivity index is 2.66. The monoisotopic (exact) mass is 197 g/mol. The molecule has 0 fully saturated rings. The summed E-state index contributed by atoms with van der Waals surface area (Å²) in [6.45, 7) is 1.87. The van der Waals surface area contributed by atoms with Crippen molar-refractivity contribution in [1.29, 1.82) is 0 Å². The van der Waals surface area contributed by atoms with Crippen LogP contribution >= 0.6 is 11.6 Å². The number of hydrogen-bond donors (Lipinski definition) is 0. The van der Waals surface area contributed by atoms with E-state index in [2.05, 4.69) is 4.98 Å². The standard InChI is InChI=1S/C10H12ClNO/c1-8-4-2-5-9(12-8)10(13)6-3-7-11/h2,4-5H,3,6-7H2,1H3. The highest BCUT2D eigenvalue weighted by molar-refractivity contribution is 6.18. The topological polar surface area (TPSA) is 30.0 Å². The summed E-state index contributed by atoms with van der Waals surface area (Å²) in [7, 11) is 0. The van der Waals surface area contributed by atoms with Crippen molar-refractivity contribution in [2.45, 2.75) is 19.8 Å². The molecule has 3 heteroatoms. The summed E-state index contributed by atoms with van der Waals surface area (Å²) in [5, 5.41) is 0. The third-order valence-electron chi connectivity index (χ3n) is 1.71. The Bertz CT molecular complexity index is 299. The summed E-state index contributed by atoms with van der Waals surface area (Å²) in [4.78, 5) is 15.6. The Labute approximate surface area is 82.9 Å². The number of hydrogen-bond acceptors (Lipinski definition) is 2. The lowest BCUT2D eigenvalue weighted by Crippen LogP contribution is -2.02. The van der Waals surface area contributed by atoms with E-state index in [9.17, 15) is 4.79 Å². The lowest BCUT2D eigenvalue weighted by Gasteiger charge is -1.99. The molecule has 1 aromatic rings. The number of carbonyl (C=O) groups excluding carboxylic acids is 1. The van der Waals surface area contributed by atoms with Crippen molar-refractivity contribution in [3.05, 3.63) is 29.6 Å². The van der Waals surface area contributed by atoms with E-state index in [1.165, 1.54) is 0 Å². The normalized spacial score (nSPS) is 10.0. The second kappa shape index (κ2) is 4.97. The average Bonchev–Trinajstić information content (AvgIpc) is 2.14. The van der Waals surface area contributed by atoms with Crippen molar-refractivity contribution in [1.82, 2.24) is 4.98 Å². The predicted molar refractivity (Wildman–Crippen MR) is 53.3 cm³/mol. The number of nitrogens with zero attached hydrogens (tertiary/aromatic N) is 1. The molecule has 0 aliphatic carbocycles. The molecule has 0 radical (unpaired) electrons. The van der Waals surface area contributed by atoms with Gasteiger partial charge in [-0.15, -0.1) is 11.6 Å². The molecule has 1 heterocycles. The number of ketones is 1. The van der Waals surface area contributed by atoms with Crippen LogP contribution in [-0.4, -0.2) is 16.6 Å². The van der Waals surface area contributed by atoms with Gasteiger partial charge in [0.2, 0.25) is 0 Å². The lowest BCUT2D eigenvalue weighted by molar-refractivity contribution is 0.0977. The first-order valence-corrected chi connectivity index (χ1v) is 4.80. The number of Topliss-reactive ketones (excluding diaryl/α,β-unsaturated/α-hetero) is 1. The maximum absolute atomic E-state index is 11.4. The largest absolute Gasteiger partial charge is 0.292 e. The molecule has 0 amide bonds. The van der Waals surface area contributed by atoms with E-state index in [4.69, 9.17) is 11.6 Å². The molecule has 0 aliphatic heterocycles. The van der Waals surface area contributed by atoms with Crippen molar-refractivity contribution in [2.75, 3.05) is 5.88 Å². The van der Waals surface area contributed by atoms with Crippen LogP contribution in [-0.2, 0) is 0 Å². The van der Waals surface area contributed by atoms with Gasteiger partial charge in [0.15, 0.2) is 5.78 Å². The van der Waals surface area contributed by atoms with Crippen LogP contribution in [0.4, 0.5) is 0 Å². The van der Waals surface area contributed by atoms with Gasteiger partial charge in [0.25, 0.3) is 0 Å². The van der Waals surface area contributed by atoms with Crippen molar-refractivity contribution < 1.29 is 4.79 Å². The van der Waals surface area contributed by atoms with Gasteiger partial charge in [-0.2, -0.15) is 0 Å². The predicted octanol–water partition coefficient (Wildman–Crippen LogP) is 2.59. The summed E-state index contributed by atoms with van der Waals surface area (Å²) in [6, 6.07) is 5.46. The van der Waals surface area contributed by atoms with Crippen LogP contribution in [0.5, 0.6) is 0 Å². The Kier molecular flexibility index (Phi) is 3.90. The van der Waals surface area contributed by atoms with Crippen LogP contribution in [0.2, 0.25) is 0 Å². The third-order valence-corrected chi connectivity index (χ3v) is 1.98. The molecule has 0 atom stereocenters. The highest BCUT2D eigenvalue weighted by Gasteiger charge is 2.05. The van der Waals surface area contributed by atoms with Crippen molar-refractivity contribution in [2.24, 2.45) is 0 Å². The first kappa shape index (κ1) is 10.2. The Morgan fingerprint density at radius 1 is 1.54 bits per heavy atom. The molecule has 0 saturated carbocycles. The third kappa shape index (κ3) is 3.15. The van der Waals surface area contributed by atoms with Crippen LogP contribution in [0.1, 0.15) is 29.0 Å². The quantitative estimate of drug-likeness (QED) is 0.549. The second-order valence-electron chi connectivity index (χ2n) is 2.88. The van der Waals surface area contributed by atoms with Crippen LogP contribution in [0.15, 0.2) is 18.2 Å². The van der Waals surface area contributed by atoms with Gasteiger partial charge in [-0.3, -0.25) is 9.78 Å². The first-order chi connectivity index (χ1) is 6.24. The van der Waals surface area contributed by atoms with Gasteiger partial charge in [-0.25, -0.2) is 0 Å². The van der Waals surface area contributed by atoms with E-state index < -0.39 is 0 Å². The molecular weight excluding hydrogens is 186 g/mol. The van der Waals surface area contributed by atoms with Crippen molar-refractivity contribution >= 4 is 17.4 Å². The molecule has 1 aromatic heterocycles. The summed E-state index contributed by atoms with van der Waals surface area (Å²) >= 11 is 5.49. The van der Waals surface area contributed by atoms with E-state index in [1.807, 2.05) is 19.1 Å². The molecule has 2 nitrogen and oxygen atoms in total. The molecular formula is C10H12ClNO. The molecule has 0 aliphatic rings. The molecule has 0 N–H and O–H groups in total. The minimum absolute atomic E-state index is 0.0735. The van der Waals surface area contributed by atoms with Gasteiger partial charge in [0, 0.05) is 18.0 Å². The van der Waals surface area contributed by atoms with Crippen molar-refractivity contribution in [3.63, 3.8) is 0 Å². The molecule has 1 rings (SSSR count). The van der Waals surface area contributed by atoms with Gasteiger partial charge in [-0.1, -0.05) is 6.07 Å². The van der Waals surface area contributed by atoms with E-state index in [0.717, 1.165) is 12.1 Å². The van der Waals surface area contributed by atoms with Crippen LogP contribution in [0.25, 0.3) is 0 Å². The van der Waals surface area contributed by atoms with Crippen molar-refractivity contribution in [3.8, 4) is 0 Å². The second-order valence-corrected chi connectivity index (χ2v) is 3.26. The maximum Gasteiger partial charge on any atom is 0.181 e. The SMILES string of the molecule is Cc1cccc(C(=O)CCCCl)n1. The van der Waals surface area contributed by atoms with E-state index in [1.54, 1.807) is 6.07 Å². The number of aryl methyl sites for hydroxylation is 1. The summed E-state index contributed by atoms with van der Waals surface area (Å²) in [6.07, 6.45) is 1.20. The number of pyridine rings is 1. The Morgan fingerprint density at radius 3 is 2.92 bits per heavy atom. The highest BCUT2D eigenvalue weighted by Crippen LogP contribution is 2.04. The molecule has 0 aromatic carbocycles. The Hall–Kier alpha value is -0.890. The molecule has 70 valence electrons. The van der Waals surface area contributed by atoms with Crippen LogP contribution < -0.4 is 0 Å². The zero-order chi connectivity index (χ0) is 9.68. The minimum Gasteiger partial charge on any atom is -0.292 e. The smallest absolute Gasteiger partial charge is 0.181 e. The number of rotatable bonds is 4. The number of alkyl halides is 1. The van der Waals surface area contributed by atoms with E-state index in [-0.39, 0.29) is 5.78 Å². The summed E-state index contributed by atoms with van der Waals surface area (Å²) < 4.78 is 0. The maximum atomic E-state index is 11.4. The van der Waals surface area contributed by atoms with Crippen LogP contribution in [0.3, 0.4) is 0 Å². The molecule has 0 unspecified atom stereocenters. The summed E-state index contributed by atoms with van der Waals surface area (Å²) in [5.74, 6) is 0.599. The Morgan fingerprint density at radius 2 is 2.31 bits per heavy atom. The zero-order valence-electron chi connectivity index (χ0n) is 7.59. The van der Waals surface area contributed by atoms with Gasteiger partial charge in [0.05, 0.1) is 0 Å². The van der Waals surface area contributed by atoms with Gasteiger partial charge >= 0.3 is 0 Å². The average molecular weight is 198 g/mol. The van der Waals surface area contributed by atoms with Gasteiger partial charge < -0.3 is 0 Å². The molecule has 13 heavy (non-hydrogen) atoms. The molecule has 0 bridgehead atoms. The number of halogens is 1. The van der Waals surface area contributed by atoms with Gasteiger partial charge in [0.1, 0.15) is 5.69 Å². The fraction of sp³-hybridized carbons (Fsp3) is 0.400. The summed E-state index contributed by atoms with van der Waals surface area (Å²) in [5.41, 5.74) is 1.42. The van der Waals surface area contributed by atoms with E-state index in [0.29, 0.717) is 18.0 Å². The van der Waals surface area contributed by atoms with Gasteiger partial charge in [-0.05, 0) is 25.5 Å². The van der Waals surface area contributed by atoms with E-state index >= 15 is 0 Å². The number of carbonyl (C=O) groups is 1. The molecule has 0 spiro atoms. The highest BCUT2D eigenvalue weighted by atomic mass is 35.5. The minimum atomic E-state index is 0.0735.